The summed E-state index contributed by atoms with van der Waals surface area (Å²) in [6.07, 6.45) is 0. The van der Waals surface area contributed by atoms with E-state index in [-0.39, 0.29) is 0 Å². The molecule has 0 nitrogen and oxygen atoms in total. The molecular formula is C9H10Se. The van der Waals surface area contributed by atoms with Crippen LogP contribution in [0.2, 0.25) is 5.82 Å². The van der Waals surface area contributed by atoms with E-state index in [1.54, 1.807) is 0 Å². The molecule has 52 valence electrons. The van der Waals surface area contributed by atoms with Crippen LogP contribution in [0.25, 0.3) is 4.47 Å². The Morgan fingerprint density at radius 3 is 2.40 bits per heavy atom. The molecule has 0 bridgehead atoms. The van der Waals surface area contributed by atoms with Gasteiger partial charge in [-0.05, 0) is 0 Å². The van der Waals surface area contributed by atoms with Gasteiger partial charge in [-0.25, -0.2) is 0 Å². The van der Waals surface area contributed by atoms with Gasteiger partial charge in [0.05, 0.1) is 0 Å². The van der Waals surface area contributed by atoms with Gasteiger partial charge in [-0.15, -0.1) is 0 Å². The summed E-state index contributed by atoms with van der Waals surface area (Å²) < 4.78 is 1.27. The molecule has 0 fully saturated rings. The van der Waals surface area contributed by atoms with Crippen LogP contribution in [0.15, 0.2) is 36.9 Å². The van der Waals surface area contributed by atoms with Gasteiger partial charge in [0.1, 0.15) is 0 Å². The van der Waals surface area contributed by atoms with E-state index in [9.17, 15) is 0 Å². The molecule has 1 aromatic rings. The Balaban J connectivity index is 2.85. The maximum absolute atomic E-state index is 3.97. The van der Waals surface area contributed by atoms with Gasteiger partial charge in [0.2, 0.25) is 0 Å². The SMILES string of the molecule is C=C([Se]C)c1ccccc1. The fraction of sp³-hybridized carbons (Fsp3) is 0.111. The van der Waals surface area contributed by atoms with Crippen LogP contribution in [0.5, 0.6) is 0 Å². The zero-order chi connectivity index (χ0) is 7.40. The Bertz CT molecular complexity index is 213. The first-order valence-electron chi connectivity index (χ1n) is 3.13. The van der Waals surface area contributed by atoms with E-state index in [0.29, 0.717) is 15.0 Å². The van der Waals surface area contributed by atoms with Crippen molar-refractivity contribution in [2.75, 3.05) is 0 Å². The van der Waals surface area contributed by atoms with E-state index < -0.39 is 0 Å². The Kier molecular flexibility index (Phi) is 2.73. The zero-order valence-electron chi connectivity index (χ0n) is 6.00. The van der Waals surface area contributed by atoms with Crippen LogP contribution in [0.1, 0.15) is 5.56 Å². The number of rotatable bonds is 2. The van der Waals surface area contributed by atoms with Crippen LogP contribution in [0, 0.1) is 0 Å². The average molecular weight is 197 g/mol. The van der Waals surface area contributed by atoms with Gasteiger partial charge < -0.3 is 0 Å². The molecule has 0 spiro atoms. The van der Waals surface area contributed by atoms with Crippen molar-refractivity contribution in [1.82, 2.24) is 0 Å². The van der Waals surface area contributed by atoms with Crippen LogP contribution in [0.4, 0.5) is 0 Å². The van der Waals surface area contributed by atoms with Gasteiger partial charge in [-0.3, -0.25) is 0 Å². The van der Waals surface area contributed by atoms with Crippen LogP contribution in [0.3, 0.4) is 0 Å². The molecular weight excluding hydrogens is 187 g/mol. The van der Waals surface area contributed by atoms with Crippen molar-refractivity contribution in [3.63, 3.8) is 0 Å². The van der Waals surface area contributed by atoms with E-state index in [1.807, 2.05) is 18.2 Å². The first kappa shape index (κ1) is 7.58. The van der Waals surface area contributed by atoms with E-state index in [0.717, 1.165) is 0 Å². The van der Waals surface area contributed by atoms with Crippen molar-refractivity contribution >= 4 is 19.4 Å². The molecule has 0 saturated heterocycles. The first-order chi connectivity index (χ1) is 4.84. The zero-order valence-corrected chi connectivity index (χ0v) is 7.72. The molecule has 0 amide bonds. The number of hydrogen-bond acceptors (Lipinski definition) is 0. The monoisotopic (exact) mass is 198 g/mol. The van der Waals surface area contributed by atoms with E-state index >= 15 is 0 Å². The van der Waals surface area contributed by atoms with Crippen molar-refractivity contribution in [1.29, 1.82) is 0 Å². The van der Waals surface area contributed by atoms with Crippen LogP contribution < -0.4 is 0 Å². The quantitative estimate of drug-likeness (QED) is 0.638. The van der Waals surface area contributed by atoms with Gasteiger partial charge in [0.15, 0.2) is 0 Å². The summed E-state index contributed by atoms with van der Waals surface area (Å²) in [4.78, 5) is 0. The molecule has 0 aliphatic carbocycles. The Morgan fingerprint density at radius 1 is 1.30 bits per heavy atom. The molecule has 1 rings (SSSR count). The number of hydrogen-bond donors (Lipinski definition) is 0. The Labute approximate surface area is 68.1 Å². The van der Waals surface area contributed by atoms with Gasteiger partial charge in [0.25, 0.3) is 0 Å². The molecule has 0 aliphatic heterocycles. The summed E-state index contributed by atoms with van der Waals surface area (Å²) in [5.41, 5.74) is 1.28. The first-order valence-corrected chi connectivity index (χ1v) is 5.70. The summed E-state index contributed by atoms with van der Waals surface area (Å²) in [7, 11) is 0. The molecule has 1 aromatic carbocycles. The molecule has 0 unspecified atom stereocenters. The Hall–Kier alpha value is -0.521. The van der Waals surface area contributed by atoms with Crippen molar-refractivity contribution in [3.8, 4) is 0 Å². The third kappa shape index (κ3) is 1.73. The van der Waals surface area contributed by atoms with Crippen molar-refractivity contribution in [2.24, 2.45) is 0 Å². The van der Waals surface area contributed by atoms with Gasteiger partial charge >= 0.3 is 67.7 Å². The second-order valence-corrected chi connectivity index (χ2v) is 3.88. The third-order valence-electron chi connectivity index (χ3n) is 1.34. The molecule has 0 aromatic heterocycles. The molecule has 0 atom stereocenters. The standard InChI is InChI=1S/C9H10Se/c1-8(10-2)9-6-4-3-5-7-9/h3-7H,1H2,2H3. The summed E-state index contributed by atoms with van der Waals surface area (Å²) >= 11 is 0.543. The topological polar surface area (TPSA) is 0 Å². The predicted octanol–water partition coefficient (Wildman–Crippen LogP) is 2.41. The van der Waals surface area contributed by atoms with Gasteiger partial charge in [0, 0.05) is 0 Å². The van der Waals surface area contributed by atoms with Crippen molar-refractivity contribution in [3.05, 3.63) is 42.5 Å². The van der Waals surface area contributed by atoms with E-state index in [2.05, 4.69) is 24.5 Å². The van der Waals surface area contributed by atoms with Crippen LogP contribution in [-0.2, 0) is 0 Å². The van der Waals surface area contributed by atoms with Crippen molar-refractivity contribution in [2.45, 2.75) is 5.82 Å². The van der Waals surface area contributed by atoms with Crippen LogP contribution in [-0.4, -0.2) is 15.0 Å². The van der Waals surface area contributed by atoms with Gasteiger partial charge in [-0.1, -0.05) is 0 Å². The van der Waals surface area contributed by atoms with Crippen molar-refractivity contribution < 1.29 is 0 Å². The summed E-state index contributed by atoms with van der Waals surface area (Å²) in [6.45, 7) is 3.97. The molecule has 0 heterocycles. The molecule has 0 radical (unpaired) electrons. The molecule has 0 N–H and O–H groups in total. The molecule has 1 heteroatoms. The molecule has 0 aliphatic rings. The minimum atomic E-state index is 0.543. The fourth-order valence-electron chi connectivity index (χ4n) is 0.742. The second-order valence-electron chi connectivity index (χ2n) is 1.99. The Morgan fingerprint density at radius 2 is 1.90 bits per heavy atom. The third-order valence-corrected chi connectivity index (χ3v) is 2.87. The summed E-state index contributed by atoms with van der Waals surface area (Å²) in [6, 6.07) is 10.3. The summed E-state index contributed by atoms with van der Waals surface area (Å²) in [5, 5.41) is 0. The van der Waals surface area contributed by atoms with E-state index in [4.69, 9.17) is 0 Å². The molecule has 0 saturated carbocycles. The fourth-order valence-corrected chi connectivity index (χ4v) is 1.52. The minimum absolute atomic E-state index is 0.543. The van der Waals surface area contributed by atoms with Gasteiger partial charge in [-0.2, -0.15) is 0 Å². The van der Waals surface area contributed by atoms with E-state index in [1.165, 1.54) is 10.0 Å². The normalized spacial score (nSPS) is 9.30. The predicted molar refractivity (Wildman–Crippen MR) is 47.1 cm³/mol. The maximum atomic E-state index is 3.97. The molecule has 10 heavy (non-hydrogen) atoms. The summed E-state index contributed by atoms with van der Waals surface area (Å²) in [5.74, 6) is 2.18. The average Bonchev–Trinajstić information content (AvgIpc) is 2.05. The number of benzene rings is 1. The van der Waals surface area contributed by atoms with Crippen LogP contribution >= 0.6 is 0 Å². The second kappa shape index (κ2) is 3.60.